The lowest BCUT2D eigenvalue weighted by Crippen LogP contribution is -2.32. The van der Waals surface area contributed by atoms with Crippen LogP contribution in [0.1, 0.15) is 38.1 Å². The molecule has 1 aromatic rings. The standard InChI is InChI=1S/C9H16N4/c1-8(9-10-7-11-12-9)13-5-3-2-4-6-13/h7-8H,2-6H2,1H3,(H,10,11,12). The van der Waals surface area contributed by atoms with Gasteiger partial charge in [-0.1, -0.05) is 6.42 Å². The lowest BCUT2D eigenvalue weighted by Gasteiger charge is -2.30. The van der Waals surface area contributed by atoms with Crippen LogP contribution in [0.2, 0.25) is 0 Å². The molecule has 2 heterocycles. The summed E-state index contributed by atoms with van der Waals surface area (Å²) in [5.74, 6) is 0.988. The fourth-order valence-electron chi connectivity index (χ4n) is 1.89. The second-order valence-corrected chi connectivity index (χ2v) is 3.64. The van der Waals surface area contributed by atoms with Crippen molar-refractivity contribution in [2.75, 3.05) is 13.1 Å². The van der Waals surface area contributed by atoms with Crippen LogP contribution in [0.15, 0.2) is 6.33 Å². The summed E-state index contributed by atoms with van der Waals surface area (Å²) in [4.78, 5) is 6.65. The first-order chi connectivity index (χ1) is 6.38. The van der Waals surface area contributed by atoms with Crippen molar-refractivity contribution < 1.29 is 0 Å². The third-order valence-corrected chi connectivity index (χ3v) is 2.77. The number of likely N-dealkylation sites (tertiary alicyclic amines) is 1. The Balaban J connectivity index is 1.99. The van der Waals surface area contributed by atoms with E-state index >= 15 is 0 Å². The van der Waals surface area contributed by atoms with Crippen LogP contribution < -0.4 is 0 Å². The number of piperidine rings is 1. The highest BCUT2D eigenvalue weighted by molar-refractivity contribution is 4.90. The van der Waals surface area contributed by atoms with Crippen molar-refractivity contribution in [3.05, 3.63) is 12.2 Å². The highest BCUT2D eigenvalue weighted by Crippen LogP contribution is 2.20. The van der Waals surface area contributed by atoms with Gasteiger partial charge in [-0.2, -0.15) is 5.10 Å². The molecule has 0 spiro atoms. The number of aromatic nitrogens is 3. The molecule has 0 amide bonds. The zero-order valence-corrected chi connectivity index (χ0v) is 8.03. The Kier molecular flexibility index (Phi) is 2.59. The molecule has 0 saturated carbocycles. The first-order valence-electron chi connectivity index (χ1n) is 4.97. The molecule has 0 bridgehead atoms. The third-order valence-electron chi connectivity index (χ3n) is 2.77. The highest BCUT2D eigenvalue weighted by Gasteiger charge is 2.19. The van der Waals surface area contributed by atoms with E-state index in [1.807, 2.05) is 0 Å². The zero-order chi connectivity index (χ0) is 9.10. The van der Waals surface area contributed by atoms with Crippen molar-refractivity contribution in [2.45, 2.75) is 32.2 Å². The van der Waals surface area contributed by atoms with E-state index in [0.29, 0.717) is 6.04 Å². The maximum atomic E-state index is 4.18. The molecule has 0 radical (unpaired) electrons. The van der Waals surface area contributed by atoms with Gasteiger partial charge in [0.1, 0.15) is 12.2 Å². The van der Waals surface area contributed by atoms with Crippen molar-refractivity contribution >= 4 is 0 Å². The minimum absolute atomic E-state index is 0.391. The van der Waals surface area contributed by atoms with Gasteiger partial charge in [-0.15, -0.1) is 0 Å². The minimum atomic E-state index is 0.391. The van der Waals surface area contributed by atoms with E-state index < -0.39 is 0 Å². The third kappa shape index (κ3) is 1.88. The average Bonchev–Trinajstić information content (AvgIpc) is 2.71. The van der Waals surface area contributed by atoms with Gasteiger partial charge in [0.15, 0.2) is 0 Å². The van der Waals surface area contributed by atoms with E-state index in [-0.39, 0.29) is 0 Å². The summed E-state index contributed by atoms with van der Waals surface area (Å²) in [6.07, 6.45) is 5.59. The van der Waals surface area contributed by atoms with Gasteiger partial charge in [-0.3, -0.25) is 10.00 Å². The first kappa shape index (κ1) is 8.69. The van der Waals surface area contributed by atoms with Gasteiger partial charge in [0.05, 0.1) is 6.04 Å². The summed E-state index contributed by atoms with van der Waals surface area (Å²) >= 11 is 0. The van der Waals surface area contributed by atoms with E-state index in [2.05, 4.69) is 27.0 Å². The summed E-state index contributed by atoms with van der Waals surface area (Å²) in [5, 5.41) is 6.81. The second kappa shape index (κ2) is 3.87. The Morgan fingerprint density at radius 3 is 2.77 bits per heavy atom. The minimum Gasteiger partial charge on any atom is -0.294 e. The van der Waals surface area contributed by atoms with Gasteiger partial charge in [-0.25, -0.2) is 4.98 Å². The quantitative estimate of drug-likeness (QED) is 0.747. The number of nitrogens with zero attached hydrogens (tertiary/aromatic N) is 3. The molecule has 1 aliphatic heterocycles. The topological polar surface area (TPSA) is 44.8 Å². The predicted molar refractivity (Wildman–Crippen MR) is 50.2 cm³/mol. The van der Waals surface area contributed by atoms with Crippen molar-refractivity contribution in [3.8, 4) is 0 Å². The van der Waals surface area contributed by atoms with E-state index in [1.54, 1.807) is 6.33 Å². The number of nitrogens with one attached hydrogen (secondary N) is 1. The summed E-state index contributed by atoms with van der Waals surface area (Å²) < 4.78 is 0. The molecular formula is C9H16N4. The number of aromatic amines is 1. The Morgan fingerprint density at radius 1 is 1.38 bits per heavy atom. The maximum Gasteiger partial charge on any atom is 0.141 e. The van der Waals surface area contributed by atoms with Gasteiger partial charge in [0.25, 0.3) is 0 Å². The molecular weight excluding hydrogens is 164 g/mol. The molecule has 1 atom stereocenters. The SMILES string of the molecule is CC(c1ncn[nH]1)N1CCCCC1. The molecule has 0 aliphatic carbocycles. The molecule has 2 rings (SSSR count). The zero-order valence-electron chi connectivity index (χ0n) is 8.03. The van der Waals surface area contributed by atoms with Crippen molar-refractivity contribution in [2.24, 2.45) is 0 Å². The Bertz CT molecular complexity index is 238. The molecule has 4 heteroatoms. The van der Waals surface area contributed by atoms with E-state index in [9.17, 15) is 0 Å². The van der Waals surface area contributed by atoms with Crippen LogP contribution in [-0.4, -0.2) is 33.2 Å². The van der Waals surface area contributed by atoms with E-state index in [4.69, 9.17) is 0 Å². The molecule has 72 valence electrons. The Morgan fingerprint density at radius 2 is 2.15 bits per heavy atom. The number of H-pyrrole nitrogens is 1. The van der Waals surface area contributed by atoms with Crippen LogP contribution in [-0.2, 0) is 0 Å². The predicted octanol–water partition coefficient (Wildman–Crippen LogP) is 1.35. The average molecular weight is 180 g/mol. The van der Waals surface area contributed by atoms with Crippen LogP contribution in [0.4, 0.5) is 0 Å². The van der Waals surface area contributed by atoms with Crippen molar-refractivity contribution in [3.63, 3.8) is 0 Å². The number of rotatable bonds is 2. The van der Waals surface area contributed by atoms with Gasteiger partial charge >= 0.3 is 0 Å². The summed E-state index contributed by atoms with van der Waals surface area (Å²) in [6.45, 7) is 4.58. The van der Waals surface area contributed by atoms with Gasteiger partial charge < -0.3 is 0 Å². The summed E-state index contributed by atoms with van der Waals surface area (Å²) in [6, 6.07) is 0.391. The van der Waals surface area contributed by atoms with Crippen molar-refractivity contribution in [1.29, 1.82) is 0 Å². The molecule has 1 saturated heterocycles. The molecule has 1 fully saturated rings. The molecule has 1 aliphatic rings. The smallest absolute Gasteiger partial charge is 0.141 e. The van der Waals surface area contributed by atoms with Crippen LogP contribution in [0.25, 0.3) is 0 Å². The Labute approximate surface area is 78.4 Å². The van der Waals surface area contributed by atoms with Gasteiger partial charge in [0, 0.05) is 0 Å². The number of hydrogen-bond donors (Lipinski definition) is 1. The molecule has 13 heavy (non-hydrogen) atoms. The normalized spacial score (nSPS) is 21.6. The fraction of sp³-hybridized carbons (Fsp3) is 0.778. The fourth-order valence-corrected chi connectivity index (χ4v) is 1.89. The van der Waals surface area contributed by atoms with Crippen molar-refractivity contribution in [1.82, 2.24) is 20.1 Å². The molecule has 0 aromatic carbocycles. The second-order valence-electron chi connectivity index (χ2n) is 3.64. The summed E-state index contributed by atoms with van der Waals surface area (Å²) in [5.41, 5.74) is 0. The first-order valence-corrected chi connectivity index (χ1v) is 4.97. The van der Waals surface area contributed by atoms with Gasteiger partial charge in [-0.05, 0) is 32.9 Å². The highest BCUT2D eigenvalue weighted by atomic mass is 15.2. The molecule has 1 N–H and O–H groups in total. The molecule has 4 nitrogen and oxygen atoms in total. The van der Waals surface area contributed by atoms with Crippen LogP contribution in [0.3, 0.4) is 0 Å². The van der Waals surface area contributed by atoms with Crippen LogP contribution >= 0.6 is 0 Å². The monoisotopic (exact) mass is 180 g/mol. The van der Waals surface area contributed by atoms with Crippen LogP contribution in [0, 0.1) is 0 Å². The molecule has 1 aromatic heterocycles. The Hall–Kier alpha value is -0.900. The number of hydrogen-bond acceptors (Lipinski definition) is 3. The summed E-state index contributed by atoms with van der Waals surface area (Å²) in [7, 11) is 0. The van der Waals surface area contributed by atoms with Gasteiger partial charge in [0.2, 0.25) is 0 Å². The van der Waals surface area contributed by atoms with E-state index in [1.165, 1.54) is 32.4 Å². The van der Waals surface area contributed by atoms with Crippen LogP contribution in [0.5, 0.6) is 0 Å². The largest absolute Gasteiger partial charge is 0.294 e. The lowest BCUT2D eigenvalue weighted by atomic mass is 10.1. The lowest BCUT2D eigenvalue weighted by molar-refractivity contribution is 0.169. The van der Waals surface area contributed by atoms with E-state index in [0.717, 1.165) is 5.82 Å². The molecule has 1 unspecified atom stereocenters. The maximum absolute atomic E-state index is 4.18.